The van der Waals surface area contributed by atoms with Crippen LogP contribution < -0.4 is 10.6 Å². The second-order valence-electron chi connectivity index (χ2n) is 4.45. The Kier molecular flexibility index (Phi) is 2.84. The minimum absolute atomic E-state index is 0.495. The number of anilines is 2. The quantitative estimate of drug-likeness (QED) is 0.796. The van der Waals surface area contributed by atoms with Gasteiger partial charge in [-0.25, -0.2) is 0 Å². The number of nitrogen functional groups attached to an aromatic ring is 1. The van der Waals surface area contributed by atoms with Gasteiger partial charge in [0.25, 0.3) is 0 Å². The normalized spacial score (nSPS) is 13.8. The first-order chi connectivity index (χ1) is 8.65. The molecular weight excluding hydrogens is 267 g/mol. The number of hydrogen-bond acceptors (Lipinski definition) is 2. The third-order valence-electron chi connectivity index (χ3n) is 3.25. The van der Waals surface area contributed by atoms with E-state index in [4.69, 9.17) is 28.9 Å². The molecule has 3 rings (SSSR count). The van der Waals surface area contributed by atoms with Gasteiger partial charge in [-0.2, -0.15) is 0 Å². The van der Waals surface area contributed by atoms with Crippen LogP contribution in [-0.4, -0.2) is 0 Å². The summed E-state index contributed by atoms with van der Waals surface area (Å²) in [6.07, 6.45) is 0. The molecule has 0 saturated carbocycles. The largest absolute Gasteiger partial charge is 0.397 e. The second kappa shape index (κ2) is 4.38. The lowest BCUT2D eigenvalue weighted by Gasteiger charge is -2.20. The van der Waals surface area contributed by atoms with Crippen molar-refractivity contribution in [3.05, 3.63) is 57.6 Å². The molecule has 0 saturated heterocycles. The van der Waals surface area contributed by atoms with Crippen molar-refractivity contribution in [2.45, 2.75) is 13.1 Å². The Bertz CT molecular complexity index is 586. The lowest BCUT2D eigenvalue weighted by molar-refractivity contribution is 0.882. The average molecular weight is 279 g/mol. The predicted molar refractivity (Wildman–Crippen MR) is 77.2 cm³/mol. The number of halogens is 2. The standard InChI is InChI=1S/C14H12Cl2N2/c15-11-5-13(17)14(6-12(11)16)18-7-9-3-1-2-4-10(9)8-18/h1-6H,7-8,17H2. The van der Waals surface area contributed by atoms with Crippen LogP contribution in [0, 0.1) is 0 Å². The molecule has 0 fully saturated rings. The Balaban J connectivity index is 1.97. The first kappa shape index (κ1) is 11.7. The fraction of sp³-hybridized carbons (Fsp3) is 0.143. The van der Waals surface area contributed by atoms with Gasteiger partial charge in [0.15, 0.2) is 0 Å². The van der Waals surface area contributed by atoms with Crippen molar-refractivity contribution >= 4 is 34.6 Å². The molecule has 0 amide bonds. The molecule has 18 heavy (non-hydrogen) atoms. The van der Waals surface area contributed by atoms with Crippen LogP contribution in [0.25, 0.3) is 0 Å². The summed E-state index contributed by atoms with van der Waals surface area (Å²) < 4.78 is 0. The summed E-state index contributed by atoms with van der Waals surface area (Å²) >= 11 is 12.0. The Morgan fingerprint density at radius 2 is 1.50 bits per heavy atom. The molecule has 0 aromatic heterocycles. The molecule has 0 spiro atoms. The fourth-order valence-corrected chi connectivity index (χ4v) is 2.66. The molecule has 0 atom stereocenters. The van der Waals surface area contributed by atoms with Gasteiger partial charge < -0.3 is 10.6 Å². The lowest BCUT2D eigenvalue weighted by atomic mass is 10.1. The van der Waals surface area contributed by atoms with Gasteiger partial charge in [0, 0.05) is 13.1 Å². The van der Waals surface area contributed by atoms with E-state index in [-0.39, 0.29) is 0 Å². The topological polar surface area (TPSA) is 29.3 Å². The third-order valence-corrected chi connectivity index (χ3v) is 3.97. The molecule has 1 heterocycles. The van der Waals surface area contributed by atoms with Gasteiger partial charge in [-0.15, -0.1) is 0 Å². The summed E-state index contributed by atoms with van der Waals surface area (Å²) in [5, 5.41) is 1.03. The molecular formula is C14H12Cl2N2. The Labute approximate surface area is 116 Å². The van der Waals surface area contributed by atoms with Crippen LogP contribution in [0.3, 0.4) is 0 Å². The second-order valence-corrected chi connectivity index (χ2v) is 5.26. The zero-order valence-corrected chi connectivity index (χ0v) is 11.2. The van der Waals surface area contributed by atoms with Crippen LogP contribution in [0.5, 0.6) is 0 Å². The van der Waals surface area contributed by atoms with Crippen molar-refractivity contribution in [1.29, 1.82) is 0 Å². The zero-order valence-electron chi connectivity index (χ0n) is 9.66. The molecule has 2 nitrogen and oxygen atoms in total. The van der Waals surface area contributed by atoms with E-state index in [2.05, 4.69) is 29.2 Å². The maximum atomic E-state index is 6.06. The van der Waals surface area contributed by atoms with E-state index in [9.17, 15) is 0 Å². The Morgan fingerprint density at radius 1 is 0.944 bits per heavy atom. The van der Waals surface area contributed by atoms with Gasteiger partial charge in [-0.05, 0) is 23.3 Å². The van der Waals surface area contributed by atoms with Crippen LogP contribution in [0.15, 0.2) is 36.4 Å². The molecule has 92 valence electrons. The minimum Gasteiger partial charge on any atom is -0.397 e. The van der Waals surface area contributed by atoms with Gasteiger partial charge in [0.2, 0.25) is 0 Å². The van der Waals surface area contributed by atoms with Crippen LogP contribution in [-0.2, 0) is 13.1 Å². The van der Waals surface area contributed by atoms with Crippen molar-refractivity contribution in [3.63, 3.8) is 0 Å². The van der Waals surface area contributed by atoms with E-state index >= 15 is 0 Å². The van der Waals surface area contributed by atoms with Crippen LogP contribution in [0.4, 0.5) is 11.4 Å². The van der Waals surface area contributed by atoms with Crippen LogP contribution in [0.1, 0.15) is 11.1 Å². The highest BCUT2D eigenvalue weighted by Gasteiger charge is 2.20. The highest BCUT2D eigenvalue weighted by molar-refractivity contribution is 6.42. The van der Waals surface area contributed by atoms with E-state index in [1.54, 1.807) is 6.07 Å². The molecule has 2 N–H and O–H groups in total. The number of hydrogen-bond donors (Lipinski definition) is 1. The molecule has 0 bridgehead atoms. The van der Waals surface area contributed by atoms with Gasteiger partial charge in [-0.3, -0.25) is 0 Å². The molecule has 1 aliphatic heterocycles. The van der Waals surface area contributed by atoms with Crippen molar-refractivity contribution in [3.8, 4) is 0 Å². The number of benzene rings is 2. The van der Waals surface area contributed by atoms with E-state index < -0.39 is 0 Å². The van der Waals surface area contributed by atoms with Crippen molar-refractivity contribution in [2.75, 3.05) is 10.6 Å². The first-order valence-corrected chi connectivity index (χ1v) is 6.47. The van der Waals surface area contributed by atoms with Crippen LogP contribution in [0.2, 0.25) is 10.0 Å². The smallest absolute Gasteiger partial charge is 0.0621 e. The molecule has 0 unspecified atom stereocenters. The summed E-state index contributed by atoms with van der Waals surface area (Å²) in [6.45, 7) is 1.72. The number of rotatable bonds is 1. The van der Waals surface area contributed by atoms with Gasteiger partial charge in [0.05, 0.1) is 21.4 Å². The lowest BCUT2D eigenvalue weighted by Crippen LogP contribution is -2.16. The van der Waals surface area contributed by atoms with E-state index in [0.29, 0.717) is 15.7 Å². The SMILES string of the molecule is Nc1cc(Cl)c(Cl)cc1N1Cc2ccccc2C1. The van der Waals surface area contributed by atoms with E-state index in [1.165, 1.54) is 11.1 Å². The minimum atomic E-state index is 0.495. The van der Waals surface area contributed by atoms with E-state index in [0.717, 1.165) is 18.8 Å². The Hall–Kier alpha value is -1.38. The average Bonchev–Trinajstić information content (AvgIpc) is 2.77. The maximum absolute atomic E-state index is 6.06. The molecule has 1 aliphatic rings. The highest BCUT2D eigenvalue weighted by atomic mass is 35.5. The van der Waals surface area contributed by atoms with E-state index in [1.807, 2.05) is 6.07 Å². The summed E-state index contributed by atoms with van der Waals surface area (Å²) in [4.78, 5) is 2.21. The Morgan fingerprint density at radius 3 is 2.11 bits per heavy atom. The van der Waals surface area contributed by atoms with Gasteiger partial charge in [0.1, 0.15) is 0 Å². The summed E-state index contributed by atoms with van der Waals surface area (Å²) in [6, 6.07) is 11.9. The number of nitrogens with zero attached hydrogens (tertiary/aromatic N) is 1. The molecule has 2 aromatic rings. The van der Waals surface area contributed by atoms with Gasteiger partial charge >= 0.3 is 0 Å². The molecule has 2 aromatic carbocycles. The fourth-order valence-electron chi connectivity index (χ4n) is 2.33. The summed E-state index contributed by atoms with van der Waals surface area (Å²) in [7, 11) is 0. The zero-order chi connectivity index (χ0) is 12.7. The monoisotopic (exact) mass is 278 g/mol. The molecule has 0 radical (unpaired) electrons. The first-order valence-electron chi connectivity index (χ1n) is 5.71. The van der Waals surface area contributed by atoms with Crippen molar-refractivity contribution in [2.24, 2.45) is 0 Å². The molecule has 4 heteroatoms. The molecule has 0 aliphatic carbocycles. The summed E-state index contributed by atoms with van der Waals surface area (Å²) in [5.41, 5.74) is 10.3. The van der Waals surface area contributed by atoms with Crippen molar-refractivity contribution in [1.82, 2.24) is 0 Å². The third kappa shape index (κ3) is 1.92. The maximum Gasteiger partial charge on any atom is 0.0621 e. The van der Waals surface area contributed by atoms with Crippen molar-refractivity contribution < 1.29 is 0 Å². The predicted octanol–water partition coefficient (Wildman–Crippen LogP) is 4.10. The number of fused-ring (bicyclic) bond motifs is 1. The summed E-state index contributed by atoms with van der Waals surface area (Å²) in [5.74, 6) is 0. The highest BCUT2D eigenvalue weighted by Crippen LogP contribution is 2.36. The van der Waals surface area contributed by atoms with Crippen LogP contribution >= 0.6 is 23.2 Å². The number of nitrogens with two attached hydrogens (primary N) is 1. The van der Waals surface area contributed by atoms with Gasteiger partial charge in [-0.1, -0.05) is 47.5 Å².